The molecule has 0 radical (unpaired) electrons. The molecule has 0 aliphatic heterocycles. The van der Waals surface area contributed by atoms with E-state index < -0.39 is 0 Å². The van der Waals surface area contributed by atoms with Gasteiger partial charge in [0.15, 0.2) is 5.75 Å². The largest absolute Gasteiger partial charge is 0.493 e. The molecule has 0 atom stereocenters. The molecule has 0 aliphatic rings. The smallest absolute Gasteiger partial charge is 0.156 e. The Morgan fingerprint density at radius 1 is 1.21 bits per heavy atom. The first-order valence-electron chi connectivity index (χ1n) is 6.01. The monoisotopic (exact) mass is 339 g/mol. The highest BCUT2D eigenvalue weighted by Gasteiger charge is 2.08. The quantitative estimate of drug-likeness (QED) is 0.847. The SMILES string of the molecule is COc1c(Br)cc(Cl)cc1NCCc1ccccc1. The summed E-state index contributed by atoms with van der Waals surface area (Å²) >= 11 is 9.49. The van der Waals surface area contributed by atoms with Crippen LogP contribution in [0.5, 0.6) is 5.75 Å². The highest BCUT2D eigenvalue weighted by Crippen LogP contribution is 2.36. The molecule has 0 spiro atoms. The first kappa shape index (κ1) is 14.2. The van der Waals surface area contributed by atoms with Gasteiger partial charge in [-0.15, -0.1) is 0 Å². The van der Waals surface area contributed by atoms with Crippen LogP contribution in [0.2, 0.25) is 5.02 Å². The molecule has 0 aliphatic carbocycles. The van der Waals surface area contributed by atoms with Crippen molar-refractivity contribution < 1.29 is 4.74 Å². The van der Waals surface area contributed by atoms with Crippen molar-refractivity contribution in [2.45, 2.75) is 6.42 Å². The van der Waals surface area contributed by atoms with Gasteiger partial charge in [0.2, 0.25) is 0 Å². The fraction of sp³-hybridized carbons (Fsp3) is 0.200. The van der Waals surface area contributed by atoms with Crippen LogP contribution >= 0.6 is 27.5 Å². The third kappa shape index (κ3) is 3.88. The van der Waals surface area contributed by atoms with Gasteiger partial charge in [-0.1, -0.05) is 41.9 Å². The van der Waals surface area contributed by atoms with Gasteiger partial charge in [-0.3, -0.25) is 0 Å². The predicted molar refractivity (Wildman–Crippen MR) is 84.3 cm³/mol. The first-order valence-corrected chi connectivity index (χ1v) is 7.18. The molecule has 0 heterocycles. The van der Waals surface area contributed by atoms with Crippen molar-refractivity contribution in [3.05, 3.63) is 57.5 Å². The lowest BCUT2D eigenvalue weighted by atomic mass is 10.1. The standard InChI is InChI=1S/C15H15BrClNO/c1-19-15-13(16)9-12(17)10-14(15)18-8-7-11-5-3-2-4-6-11/h2-6,9-10,18H,7-8H2,1H3. The fourth-order valence-corrected chi connectivity index (χ4v) is 2.86. The van der Waals surface area contributed by atoms with E-state index in [1.807, 2.05) is 30.3 Å². The number of benzene rings is 2. The van der Waals surface area contributed by atoms with Crippen molar-refractivity contribution in [1.29, 1.82) is 0 Å². The van der Waals surface area contributed by atoms with Gasteiger partial charge in [-0.2, -0.15) is 0 Å². The van der Waals surface area contributed by atoms with E-state index in [0.29, 0.717) is 5.02 Å². The Hall–Kier alpha value is -1.19. The van der Waals surface area contributed by atoms with Crippen molar-refractivity contribution in [3.8, 4) is 5.75 Å². The van der Waals surface area contributed by atoms with Gasteiger partial charge in [-0.25, -0.2) is 0 Å². The van der Waals surface area contributed by atoms with E-state index in [9.17, 15) is 0 Å². The molecule has 2 nitrogen and oxygen atoms in total. The van der Waals surface area contributed by atoms with E-state index in [2.05, 4.69) is 33.4 Å². The number of anilines is 1. The maximum atomic E-state index is 6.05. The van der Waals surface area contributed by atoms with Gasteiger partial charge in [-0.05, 0) is 40.0 Å². The average Bonchev–Trinajstić information content (AvgIpc) is 2.39. The number of ether oxygens (including phenoxy) is 1. The van der Waals surface area contributed by atoms with E-state index in [-0.39, 0.29) is 0 Å². The molecular weight excluding hydrogens is 326 g/mol. The highest BCUT2D eigenvalue weighted by molar-refractivity contribution is 9.10. The number of methoxy groups -OCH3 is 1. The lowest BCUT2D eigenvalue weighted by molar-refractivity contribution is 0.414. The second-order valence-corrected chi connectivity index (χ2v) is 5.42. The molecule has 2 aromatic carbocycles. The Morgan fingerprint density at radius 3 is 2.63 bits per heavy atom. The molecule has 0 aromatic heterocycles. The van der Waals surface area contributed by atoms with Crippen LogP contribution in [0.3, 0.4) is 0 Å². The summed E-state index contributed by atoms with van der Waals surface area (Å²) in [4.78, 5) is 0. The van der Waals surface area contributed by atoms with Crippen LogP contribution in [0.15, 0.2) is 46.9 Å². The molecular formula is C15H15BrClNO. The third-order valence-electron chi connectivity index (χ3n) is 2.78. The van der Waals surface area contributed by atoms with Gasteiger partial charge in [0.25, 0.3) is 0 Å². The van der Waals surface area contributed by atoms with Gasteiger partial charge >= 0.3 is 0 Å². The average molecular weight is 341 g/mol. The Labute approximate surface area is 126 Å². The van der Waals surface area contributed by atoms with E-state index in [0.717, 1.165) is 28.9 Å². The Balaban J connectivity index is 2.03. The Kier molecular flexibility index (Phi) is 5.11. The molecule has 4 heteroatoms. The highest BCUT2D eigenvalue weighted by atomic mass is 79.9. The van der Waals surface area contributed by atoms with Crippen molar-refractivity contribution in [3.63, 3.8) is 0 Å². The van der Waals surface area contributed by atoms with Gasteiger partial charge in [0.05, 0.1) is 17.3 Å². The number of halogens is 2. The molecule has 0 saturated carbocycles. The molecule has 0 amide bonds. The van der Waals surface area contributed by atoms with Crippen LogP contribution < -0.4 is 10.1 Å². The zero-order valence-electron chi connectivity index (χ0n) is 10.6. The van der Waals surface area contributed by atoms with Crippen molar-refractivity contribution in [1.82, 2.24) is 0 Å². The molecule has 0 saturated heterocycles. The second kappa shape index (κ2) is 6.83. The summed E-state index contributed by atoms with van der Waals surface area (Å²) in [6.45, 7) is 0.827. The van der Waals surface area contributed by atoms with Crippen molar-refractivity contribution in [2.75, 3.05) is 19.0 Å². The summed E-state index contributed by atoms with van der Waals surface area (Å²) in [7, 11) is 1.65. The van der Waals surface area contributed by atoms with Crippen molar-refractivity contribution in [2.24, 2.45) is 0 Å². The van der Waals surface area contributed by atoms with Crippen LogP contribution in [0, 0.1) is 0 Å². The predicted octanol–water partition coefficient (Wildman–Crippen LogP) is 4.77. The lowest BCUT2D eigenvalue weighted by Gasteiger charge is -2.13. The minimum Gasteiger partial charge on any atom is -0.493 e. The van der Waals surface area contributed by atoms with E-state index >= 15 is 0 Å². The Bertz CT molecular complexity index is 545. The van der Waals surface area contributed by atoms with E-state index in [1.54, 1.807) is 7.11 Å². The van der Waals surface area contributed by atoms with Crippen LogP contribution in [-0.4, -0.2) is 13.7 Å². The summed E-state index contributed by atoms with van der Waals surface area (Å²) < 4.78 is 6.22. The molecule has 0 unspecified atom stereocenters. The molecule has 19 heavy (non-hydrogen) atoms. The zero-order chi connectivity index (χ0) is 13.7. The second-order valence-electron chi connectivity index (χ2n) is 4.13. The van der Waals surface area contributed by atoms with Crippen molar-refractivity contribution >= 4 is 33.2 Å². The molecule has 0 bridgehead atoms. The summed E-state index contributed by atoms with van der Waals surface area (Å²) in [6.07, 6.45) is 0.953. The molecule has 0 fully saturated rings. The molecule has 100 valence electrons. The van der Waals surface area contributed by atoms with Crippen LogP contribution in [0.25, 0.3) is 0 Å². The maximum Gasteiger partial charge on any atom is 0.156 e. The summed E-state index contributed by atoms with van der Waals surface area (Å²) in [5, 5.41) is 4.03. The number of hydrogen-bond donors (Lipinski definition) is 1. The first-order chi connectivity index (χ1) is 9.20. The topological polar surface area (TPSA) is 21.3 Å². The van der Waals surface area contributed by atoms with Crippen LogP contribution in [-0.2, 0) is 6.42 Å². The third-order valence-corrected chi connectivity index (χ3v) is 3.59. The molecule has 1 N–H and O–H groups in total. The molecule has 2 rings (SSSR count). The normalized spacial score (nSPS) is 10.3. The maximum absolute atomic E-state index is 6.05. The van der Waals surface area contributed by atoms with Crippen LogP contribution in [0.1, 0.15) is 5.56 Å². The number of hydrogen-bond acceptors (Lipinski definition) is 2. The van der Waals surface area contributed by atoms with Gasteiger partial charge in [0.1, 0.15) is 0 Å². The number of nitrogens with one attached hydrogen (secondary N) is 1. The van der Waals surface area contributed by atoms with E-state index in [1.165, 1.54) is 5.56 Å². The van der Waals surface area contributed by atoms with Gasteiger partial charge in [0, 0.05) is 11.6 Å². The summed E-state index contributed by atoms with van der Waals surface area (Å²) in [6, 6.07) is 14.0. The minimum absolute atomic E-state index is 0.676. The zero-order valence-corrected chi connectivity index (χ0v) is 13.0. The van der Waals surface area contributed by atoms with Crippen LogP contribution in [0.4, 0.5) is 5.69 Å². The Morgan fingerprint density at radius 2 is 1.95 bits per heavy atom. The lowest BCUT2D eigenvalue weighted by Crippen LogP contribution is -2.06. The molecule has 2 aromatic rings. The number of rotatable bonds is 5. The summed E-state index contributed by atoms with van der Waals surface area (Å²) in [5.74, 6) is 0.775. The fourth-order valence-electron chi connectivity index (χ4n) is 1.89. The minimum atomic E-state index is 0.676. The summed E-state index contributed by atoms with van der Waals surface area (Å²) in [5.41, 5.74) is 2.20. The van der Waals surface area contributed by atoms with E-state index in [4.69, 9.17) is 16.3 Å². The van der Waals surface area contributed by atoms with Gasteiger partial charge < -0.3 is 10.1 Å².